The number of pyridine rings is 1. The summed E-state index contributed by atoms with van der Waals surface area (Å²) < 4.78 is 5.84. The number of aromatic nitrogens is 3. The summed E-state index contributed by atoms with van der Waals surface area (Å²) in [4.78, 5) is 12.0. The van der Waals surface area contributed by atoms with Crippen LogP contribution in [0.25, 0.3) is 22.4 Å². The van der Waals surface area contributed by atoms with Gasteiger partial charge in [-0.1, -0.05) is 0 Å². The maximum Gasteiger partial charge on any atom is 0.140 e. The number of imidazole rings is 1. The number of aromatic amines is 1. The molecule has 0 saturated carbocycles. The number of H-pyrrole nitrogens is 1. The van der Waals surface area contributed by atoms with E-state index in [0.717, 1.165) is 33.9 Å². The lowest BCUT2D eigenvalue weighted by Gasteiger charge is -2.05. The lowest BCUT2D eigenvalue weighted by atomic mass is 10.3. The molecule has 0 spiro atoms. The fourth-order valence-corrected chi connectivity index (χ4v) is 2.36. The van der Waals surface area contributed by atoms with E-state index in [1.54, 1.807) is 12.4 Å². The van der Waals surface area contributed by atoms with Crippen LogP contribution in [0, 0.1) is 0 Å². The first kappa shape index (κ1) is 13.3. The van der Waals surface area contributed by atoms with E-state index in [1.807, 2.05) is 54.6 Å². The minimum Gasteiger partial charge on any atom is -0.457 e. The molecule has 0 aliphatic carbocycles. The van der Waals surface area contributed by atoms with E-state index in [4.69, 9.17) is 10.5 Å². The van der Waals surface area contributed by atoms with Crippen LogP contribution in [-0.4, -0.2) is 15.0 Å². The van der Waals surface area contributed by atoms with Gasteiger partial charge in [-0.2, -0.15) is 0 Å². The minimum absolute atomic E-state index is 0.711. The van der Waals surface area contributed by atoms with Crippen LogP contribution in [-0.2, 0) is 0 Å². The number of benzene rings is 2. The number of nitrogens with one attached hydrogen (secondary N) is 1. The maximum atomic E-state index is 5.84. The second kappa shape index (κ2) is 5.46. The fourth-order valence-electron chi connectivity index (χ4n) is 2.36. The summed E-state index contributed by atoms with van der Waals surface area (Å²) in [6.07, 6.45) is 3.52. The molecule has 0 atom stereocenters. The van der Waals surface area contributed by atoms with Crippen LogP contribution in [0.2, 0.25) is 0 Å². The molecule has 2 aromatic heterocycles. The Labute approximate surface area is 132 Å². The van der Waals surface area contributed by atoms with Crippen molar-refractivity contribution >= 4 is 16.7 Å². The Kier molecular flexibility index (Phi) is 3.16. The third-order valence-electron chi connectivity index (χ3n) is 3.50. The highest BCUT2D eigenvalue weighted by atomic mass is 16.5. The molecule has 0 aliphatic heterocycles. The lowest BCUT2D eigenvalue weighted by Crippen LogP contribution is -1.86. The summed E-state index contributed by atoms with van der Waals surface area (Å²) in [5, 5.41) is 0. The fraction of sp³-hybridized carbons (Fsp3) is 0. The highest BCUT2D eigenvalue weighted by Gasteiger charge is 2.07. The number of nitrogens with two attached hydrogens (primary N) is 1. The number of fused-ring (bicyclic) bond motifs is 1. The van der Waals surface area contributed by atoms with Crippen LogP contribution in [0.4, 0.5) is 5.69 Å². The zero-order chi connectivity index (χ0) is 15.6. The largest absolute Gasteiger partial charge is 0.457 e. The van der Waals surface area contributed by atoms with E-state index >= 15 is 0 Å². The molecule has 0 fully saturated rings. The van der Waals surface area contributed by atoms with Gasteiger partial charge >= 0.3 is 0 Å². The van der Waals surface area contributed by atoms with Crippen LogP contribution < -0.4 is 10.5 Å². The number of anilines is 1. The summed E-state index contributed by atoms with van der Waals surface area (Å²) in [5.74, 6) is 2.27. The van der Waals surface area contributed by atoms with Gasteiger partial charge in [0.2, 0.25) is 0 Å². The van der Waals surface area contributed by atoms with Gasteiger partial charge in [0.1, 0.15) is 17.3 Å². The summed E-state index contributed by atoms with van der Waals surface area (Å²) in [5.41, 5.74) is 9.13. The number of hydrogen-bond acceptors (Lipinski definition) is 4. The smallest absolute Gasteiger partial charge is 0.140 e. The van der Waals surface area contributed by atoms with Gasteiger partial charge in [0.05, 0.1) is 11.0 Å². The Hall–Kier alpha value is -3.34. The topological polar surface area (TPSA) is 76.8 Å². The first-order chi connectivity index (χ1) is 11.3. The Morgan fingerprint density at radius 2 is 1.78 bits per heavy atom. The third-order valence-corrected chi connectivity index (χ3v) is 3.50. The van der Waals surface area contributed by atoms with E-state index in [9.17, 15) is 0 Å². The van der Waals surface area contributed by atoms with E-state index in [-0.39, 0.29) is 0 Å². The van der Waals surface area contributed by atoms with Crippen LogP contribution in [0.3, 0.4) is 0 Å². The molecule has 112 valence electrons. The summed E-state index contributed by atoms with van der Waals surface area (Å²) >= 11 is 0. The van der Waals surface area contributed by atoms with Gasteiger partial charge in [0, 0.05) is 29.7 Å². The van der Waals surface area contributed by atoms with Crippen molar-refractivity contribution in [2.75, 3.05) is 5.73 Å². The molecular formula is C18H14N4O. The SMILES string of the molecule is Nc1ccc(Oc2ccc3nc(-c4cccnc4)[nH]c3c2)cc1. The van der Waals surface area contributed by atoms with E-state index in [1.165, 1.54) is 0 Å². The van der Waals surface area contributed by atoms with Gasteiger partial charge < -0.3 is 15.5 Å². The van der Waals surface area contributed by atoms with Crippen molar-refractivity contribution in [3.05, 3.63) is 67.0 Å². The maximum absolute atomic E-state index is 5.84. The predicted molar refractivity (Wildman–Crippen MR) is 90.3 cm³/mol. The second-order valence-corrected chi connectivity index (χ2v) is 5.18. The molecule has 0 radical (unpaired) electrons. The van der Waals surface area contributed by atoms with Gasteiger partial charge in [-0.3, -0.25) is 4.98 Å². The zero-order valence-corrected chi connectivity index (χ0v) is 12.2. The first-order valence-corrected chi connectivity index (χ1v) is 7.21. The molecule has 3 N–H and O–H groups in total. The van der Waals surface area contributed by atoms with E-state index in [2.05, 4.69) is 15.0 Å². The molecule has 4 rings (SSSR count). The summed E-state index contributed by atoms with van der Waals surface area (Å²) in [6.45, 7) is 0. The van der Waals surface area contributed by atoms with Crippen LogP contribution >= 0.6 is 0 Å². The molecule has 4 aromatic rings. The Bertz CT molecular complexity index is 946. The van der Waals surface area contributed by atoms with Crippen LogP contribution in [0.5, 0.6) is 11.5 Å². The summed E-state index contributed by atoms with van der Waals surface area (Å²) in [6, 6.07) is 16.9. The van der Waals surface area contributed by atoms with Crippen LogP contribution in [0.15, 0.2) is 67.0 Å². The lowest BCUT2D eigenvalue weighted by molar-refractivity contribution is 0.483. The Morgan fingerprint density at radius 3 is 2.57 bits per heavy atom. The molecule has 0 amide bonds. The average Bonchev–Trinajstić information content (AvgIpc) is 3.01. The minimum atomic E-state index is 0.711. The van der Waals surface area contributed by atoms with Crippen molar-refractivity contribution in [2.45, 2.75) is 0 Å². The molecule has 0 bridgehead atoms. The van der Waals surface area contributed by atoms with E-state index in [0.29, 0.717) is 5.69 Å². The van der Waals surface area contributed by atoms with Gasteiger partial charge in [-0.05, 0) is 48.5 Å². The molecule has 23 heavy (non-hydrogen) atoms. The molecule has 5 heteroatoms. The first-order valence-electron chi connectivity index (χ1n) is 7.21. The monoisotopic (exact) mass is 302 g/mol. The zero-order valence-electron chi connectivity index (χ0n) is 12.2. The Morgan fingerprint density at radius 1 is 0.957 bits per heavy atom. The highest BCUT2D eigenvalue weighted by molar-refractivity contribution is 5.80. The molecule has 2 heterocycles. The molecule has 0 aliphatic rings. The number of ether oxygens (including phenoxy) is 1. The molecule has 5 nitrogen and oxygen atoms in total. The van der Waals surface area contributed by atoms with Crippen molar-refractivity contribution < 1.29 is 4.74 Å². The third kappa shape index (κ3) is 2.72. The number of nitrogen functional groups attached to an aromatic ring is 1. The number of rotatable bonds is 3. The van der Waals surface area contributed by atoms with Crippen LogP contribution in [0.1, 0.15) is 0 Å². The van der Waals surface area contributed by atoms with Gasteiger partial charge in [0.25, 0.3) is 0 Å². The van der Waals surface area contributed by atoms with Gasteiger partial charge in [-0.15, -0.1) is 0 Å². The van der Waals surface area contributed by atoms with Gasteiger partial charge in [0.15, 0.2) is 0 Å². The molecule has 0 saturated heterocycles. The average molecular weight is 302 g/mol. The normalized spacial score (nSPS) is 10.8. The number of hydrogen-bond donors (Lipinski definition) is 2. The van der Waals surface area contributed by atoms with Crippen molar-refractivity contribution in [1.29, 1.82) is 0 Å². The number of nitrogens with zero attached hydrogens (tertiary/aromatic N) is 2. The summed E-state index contributed by atoms with van der Waals surface area (Å²) in [7, 11) is 0. The van der Waals surface area contributed by atoms with Crippen molar-refractivity contribution in [1.82, 2.24) is 15.0 Å². The molecule has 0 unspecified atom stereocenters. The quantitative estimate of drug-likeness (QED) is 0.561. The highest BCUT2D eigenvalue weighted by Crippen LogP contribution is 2.27. The second-order valence-electron chi connectivity index (χ2n) is 5.18. The predicted octanol–water partition coefficient (Wildman–Crippen LogP) is 4.00. The van der Waals surface area contributed by atoms with Crippen molar-refractivity contribution in [3.8, 4) is 22.9 Å². The van der Waals surface area contributed by atoms with Crippen molar-refractivity contribution in [3.63, 3.8) is 0 Å². The molecular weight excluding hydrogens is 288 g/mol. The van der Waals surface area contributed by atoms with Crippen molar-refractivity contribution in [2.24, 2.45) is 0 Å². The van der Waals surface area contributed by atoms with E-state index < -0.39 is 0 Å². The van der Waals surface area contributed by atoms with Gasteiger partial charge in [-0.25, -0.2) is 4.98 Å². The molecule has 2 aromatic carbocycles. The Balaban J connectivity index is 1.66. The standard InChI is InChI=1S/C18H14N4O/c19-13-3-5-14(6-4-13)23-15-7-8-16-17(10-15)22-18(21-16)12-2-1-9-20-11-12/h1-11H,19H2,(H,21,22).